The lowest BCUT2D eigenvalue weighted by molar-refractivity contribution is 0.217. The van der Waals surface area contributed by atoms with Gasteiger partial charge < -0.3 is 20.5 Å². The molecule has 3 N–H and O–H groups in total. The third-order valence-electron chi connectivity index (χ3n) is 3.15. The number of benzene rings is 1. The number of fused-ring (bicyclic) bond motifs is 1. The van der Waals surface area contributed by atoms with Gasteiger partial charge in [-0.1, -0.05) is 18.2 Å². The summed E-state index contributed by atoms with van der Waals surface area (Å²) < 4.78 is 5.65. The molecule has 0 saturated carbocycles. The van der Waals surface area contributed by atoms with Crippen molar-refractivity contribution in [3.8, 4) is 5.75 Å². The van der Waals surface area contributed by atoms with Crippen LogP contribution in [0.1, 0.15) is 31.4 Å². The maximum absolute atomic E-state index is 11.8. The summed E-state index contributed by atoms with van der Waals surface area (Å²) in [5.41, 5.74) is 1.01. The van der Waals surface area contributed by atoms with Gasteiger partial charge in [-0.2, -0.15) is 0 Å². The average Bonchev–Trinajstić information content (AvgIpc) is 2.61. The largest absolute Gasteiger partial charge is 0.493 e. The van der Waals surface area contributed by atoms with Gasteiger partial charge in [0.25, 0.3) is 0 Å². The molecule has 1 aromatic rings. The van der Waals surface area contributed by atoms with Crippen molar-refractivity contribution in [2.45, 2.75) is 31.8 Å². The number of ether oxygens (including phenoxy) is 1. The van der Waals surface area contributed by atoms with E-state index in [0.717, 1.165) is 24.2 Å². The van der Waals surface area contributed by atoms with Gasteiger partial charge in [-0.3, -0.25) is 0 Å². The minimum Gasteiger partial charge on any atom is -0.493 e. The highest BCUT2D eigenvalue weighted by atomic mass is 16.5. The predicted octanol–water partition coefficient (Wildman–Crippen LogP) is 1.58. The summed E-state index contributed by atoms with van der Waals surface area (Å²) in [4.78, 5) is 11.8. The normalized spacial score (nSPS) is 19.6. The lowest BCUT2D eigenvalue weighted by atomic mass is 10.0. The molecule has 5 nitrogen and oxygen atoms in total. The smallest absolute Gasteiger partial charge is 0.315 e. The van der Waals surface area contributed by atoms with E-state index in [1.54, 1.807) is 6.92 Å². The Kier molecular flexibility index (Phi) is 4.63. The first-order chi connectivity index (χ1) is 9.20. The van der Waals surface area contributed by atoms with Crippen LogP contribution in [0.2, 0.25) is 0 Å². The third-order valence-corrected chi connectivity index (χ3v) is 3.15. The molecule has 104 valence electrons. The van der Waals surface area contributed by atoms with E-state index in [1.165, 1.54) is 0 Å². The van der Waals surface area contributed by atoms with Gasteiger partial charge in [0.05, 0.1) is 25.3 Å². The molecule has 0 aromatic heterocycles. The number of carbonyl (C=O) groups excluding carboxylic acids is 1. The molecule has 0 fully saturated rings. The second kappa shape index (κ2) is 6.43. The highest BCUT2D eigenvalue weighted by Crippen LogP contribution is 2.30. The molecule has 1 heterocycles. The Morgan fingerprint density at radius 1 is 1.53 bits per heavy atom. The highest BCUT2D eigenvalue weighted by Gasteiger charge is 2.21. The van der Waals surface area contributed by atoms with Crippen LogP contribution in [0.25, 0.3) is 0 Å². The van der Waals surface area contributed by atoms with E-state index in [4.69, 9.17) is 9.84 Å². The number of aliphatic hydroxyl groups is 1. The zero-order valence-corrected chi connectivity index (χ0v) is 11.1. The number of nitrogens with one attached hydrogen (secondary N) is 2. The van der Waals surface area contributed by atoms with Gasteiger partial charge in [0, 0.05) is 5.56 Å². The van der Waals surface area contributed by atoms with Gasteiger partial charge >= 0.3 is 6.03 Å². The zero-order valence-electron chi connectivity index (χ0n) is 11.1. The Balaban J connectivity index is 2.05. The van der Waals surface area contributed by atoms with Gasteiger partial charge in [0.2, 0.25) is 0 Å². The molecule has 0 aliphatic carbocycles. The van der Waals surface area contributed by atoms with E-state index < -0.39 is 0 Å². The SMILES string of the molecule is CC(CO)NC(=O)NC1CCCOc2ccccc21. The van der Waals surface area contributed by atoms with Crippen LogP contribution in [-0.2, 0) is 0 Å². The van der Waals surface area contributed by atoms with E-state index in [1.807, 2.05) is 24.3 Å². The van der Waals surface area contributed by atoms with Crippen molar-refractivity contribution < 1.29 is 14.6 Å². The Bertz CT molecular complexity index is 436. The van der Waals surface area contributed by atoms with Gasteiger partial charge in [-0.25, -0.2) is 4.79 Å². The van der Waals surface area contributed by atoms with Crippen molar-refractivity contribution in [2.24, 2.45) is 0 Å². The van der Waals surface area contributed by atoms with Crippen LogP contribution in [0.3, 0.4) is 0 Å². The van der Waals surface area contributed by atoms with Crippen molar-refractivity contribution in [3.63, 3.8) is 0 Å². The molecule has 0 spiro atoms. The standard InChI is InChI=1S/C14H20N2O3/c1-10(9-17)15-14(18)16-12-6-4-8-19-13-7-3-2-5-11(12)13/h2-3,5,7,10,12,17H,4,6,8-9H2,1H3,(H2,15,16,18). The minimum absolute atomic E-state index is 0.0513. The van der Waals surface area contributed by atoms with Crippen molar-refractivity contribution in [1.82, 2.24) is 10.6 Å². The monoisotopic (exact) mass is 264 g/mol. The second-order valence-electron chi connectivity index (χ2n) is 4.78. The van der Waals surface area contributed by atoms with Gasteiger partial charge in [0.1, 0.15) is 5.75 Å². The Morgan fingerprint density at radius 2 is 2.32 bits per heavy atom. The molecule has 1 aliphatic rings. The van der Waals surface area contributed by atoms with Gasteiger partial charge in [0.15, 0.2) is 0 Å². The van der Waals surface area contributed by atoms with Crippen molar-refractivity contribution in [2.75, 3.05) is 13.2 Å². The van der Waals surface area contributed by atoms with E-state index in [-0.39, 0.29) is 24.7 Å². The predicted molar refractivity (Wildman–Crippen MR) is 72.1 cm³/mol. The Hall–Kier alpha value is -1.75. The summed E-state index contributed by atoms with van der Waals surface area (Å²) in [7, 11) is 0. The number of rotatable bonds is 3. The number of urea groups is 1. The van der Waals surface area contributed by atoms with E-state index in [2.05, 4.69) is 10.6 Å². The molecular weight excluding hydrogens is 244 g/mol. The van der Waals surface area contributed by atoms with Crippen LogP contribution in [0.15, 0.2) is 24.3 Å². The van der Waals surface area contributed by atoms with E-state index in [9.17, 15) is 4.79 Å². The van der Waals surface area contributed by atoms with E-state index in [0.29, 0.717) is 6.61 Å². The number of hydrogen-bond donors (Lipinski definition) is 3. The summed E-state index contributed by atoms with van der Waals surface area (Å²) in [5, 5.41) is 14.6. The number of aliphatic hydroxyl groups excluding tert-OH is 1. The quantitative estimate of drug-likeness (QED) is 0.776. The first-order valence-electron chi connectivity index (χ1n) is 6.60. The number of para-hydroxylation sites is 1. The van der Waals surface area contributed by atoms with E-state index >= 15 is 0 Å². The summed E-state index contributed by atoms with van der Waals surface area (Å²) >= 11 is 0. The Labute approximate surface area is 113 Å². The number of amides is 2. The second-order valence-corrected chi connectivity index (χ2v) is 4.78. The van der Waals surface area contributed by atoms with Crippen molar-refractivity contribution >= 4 is 6.03 Å². The average molecular weight is 264 g/mol. The molecule has 2 amide bonds. The van der Waals surface area contributed by atoms with Gasteiger partial charge in [-0.05, 0) is 25.8 Å². The third kappa shape index (κ3) is 3.61. The van der Waals surface area contributed by atoms with Crippen LogP contribution in [0.4, 0.5) is 4.79 Å². The maximum Gasteiger partial charge on any atom is 0.315 e. The van der Waals surface area contributed by atoms with Crippen molar-refractivity contribution in [3.05, 3.63) is 29.8 Å². The maximum atomic E-state index is 11.8. The van der Waals surface area contributed by atoms with Crippen LogP contribution in [-0.4, -0.2) is 30.4 Å². The van der Waals surface area contributed by atoms with Crippen LogP contribution >= 0.6 is 0 Å². The molecule has 0 saturated heterocycles. The van der Waals surface area contributed by atoms with Crippen LogP contribution in [0.5, 0.6) is 5.75 Å². The first kappa shape index (κ1) is 13.7. The fourth-order valence-corrected chi connectivity index (χ4v) is 2.14. The molecule has 1 aromatic carbocycles. The highest BCUT2D eigenvalue weighted by molar-refractivity contribution is 5.75. The van der Waals surface area contributed by atoms with Crippen molar-refractivity contribution in [1.29, 1.82) is 0 Å². The molecule has 2 unspecified atom stereocenters. The van der Waals surface area contributed by atoms with Crippen LogP contribution in [0, 0.1) is 0 Å². The molecule has 2 rings (SSSR count). The fraction of sp³-hybridized carbons (Fsp3) is 0.500. The number of hydrogen-bond acceptors (Lipinski definition) is 3. The topological polar surface area (TPSA) is 70.6 Å². The molecule has 1 aliphatic heterocycles. The summed E-state index contributed by atoms with van der Waals surface area (Å²) in [6.45, 7) is 2.35. The summed E-state index contributed by atoms with van der Waals surface area (Å²) in [5.74, 6) is 0.834. The molecule has 5 heteroatoms. The Morgan fingerprint density at radius 3 is 3.11 bits per heavy atom. The summed E-state index contributed by atoms with van der Waals surface area (Å²) in [6, 6.07) is 7.20. The molecule has 0 bridgehead atoms. The molecular formula is C14H20N2O3. The molecule has 19 heavy (non-hydrogen) atoms. The molecule has 2 atom stereocenters. The first-order valence-corrected chi connectivity index (χ1v) is 6.60. The lowest BCUT2D eigenvalue weighted by Gasteiger charge is -2.20. The zero-order chi connectivity index (χ0) is 13.7. The van der Waals surface area contributed by atoms with Crippen LogP contribution < -0.4 is 15.4 Å². The lowest BCUT2D eigenvalue weighted by Crippen LogP contribution is -2.43. The minimum atomic E-state index is -0.261. The summed E-state index contributed by atoms with van der Waals surface area (Å²) in [6.07, 6.45) is 1.74. The molecule has 0 radical (unpaired) electrons. The number of carbonyl (C=O) groups is 1. The fourth-order valence-electron chi connectivity index (χ4n) is 2.14. The van der Waals surface area contributed by atoms with Gasteiger partial charge in [-0.15, -0.1) is 0 Å².